The minimum atomic E-state index is -1.20. The number of hydrogen-bond donors (Lipinski definition) is 2. The lowest BCUT2D eigenvalue weighted by molar-refractivity contribution is -0.147. The number of rotatable bonds is 7. The van der Waals surface area contributed by atoms with Gasteiger partial charge < -0.3 is 15.3 Å². The Balaban J connectivity index is 4.58. The molecule has 0 aromatic rings. The second kappa shape index (κ2) is 7.51. The SMILES string of the molecule is CCN(C(=O)NC(C)CCSC)C(C)(C)C(=O)O. The van der Waals surface area contributed by atoms with Gasteiger partial charge in [0.25, 0.3) is 0 Å². The molecule has 5 nitrogen and oxygen atoms in total. The summed E-state index contributed by atoms with van der Waals surface area (Å²) in [6.07, 6.45) is 2.89. The maximum atomic E-state index is 12.0. The van der Waals surface area contributed by atoms with Crippen LogP contribution < -0.4 is 5.32 Å². The van der Waals surface area contributed by atoms with Gasteiger partial charge in [-0.25, -0.2) is 9.59 Å². The zero-order chi connectivity index (χ0) is 14.3. The minimum Gasteiger partial charge on any atom is -0.480 e. The standard InChI is InChI=1S/C12H24N2O3S/c1-6-14(12(3,4)10(15)16)11(17)13-9(2)7-8-18-5/h9H,6-8H2,1-5H3,(H,13,17)(H,15,16). The highest BCUT2D eigenvalue weighted by molar-refractivity contribution is 7.98. The highest BCUT2D eigenvalue weighted by atomic mass is 32.2. The van der Waals surface area contributed by atoms with Crippen molar-refractivity contribution in [1.82, 2.24) is 10.2 Å². The summed E-state index contributed by atoms with van der Waals surface area (Å²) in [5, 5.41) is 12.0. The van der Waals surface area contributed by atoms with E-state index in [0.717, 1.165) is 12.2 Å². The zero-order valence-corrected chi connectivity index (χ0v) is 12.6. The molecule has 0 saturated carbocycles. The van der Waals surface area contributed by atoms with Crippen molar-refractivity contribution in [3.8, 4) is 0 Å². The van der Waals surface area contributed by atoms with Gasteiger partial charge in [0.05, 0.1) is 0 Å². The first kappa shape index (κ1) is 17.1. The molecule has 0 aliphatic heterocycles. The van der Waals surface area contributed by atoms with Gasteiger partial charge in [-0.05, 0) is 46.1 Å². The molecule has 18 heavy (non-hydrogen) atoms. The van der Waals surface area contributed by atoms with Crippen LogP contribution in [0.15, 0.2) is 0 Å². The molecule has 0 radical (unpaired) electrons. The normalized spacial score (nSPS) is 12.9. The van der Waals surface area contributed by atoms with Gasteiger partial charge >= 0.3 is 12.0 Å². The van der Waals surface area contributed by atoms with Crippen LogP contribution in [-0.2, 0) is 4.79 Å². The van der Waals surface area contributed by atoms with Crippen LogP contribution in [0.3, 0.4) is 0 Å². The smallest absolute Gasteiger partial charge is 0.329 e. The van der Waals surface area contributed by atoms with E-state index in [-0.39, 0.29) is 12.1 Å². The molecular formula is C12H24N2O3S. The van der Waals surface area contributed by atoms with Gasteiger partial charge in [0, 0.05) is 12.6 Å². The number of nitrogens with one attached hydrogen (secondary N) is 1. The van der Waals surface area contributed by atoms with Crippen LogP contribution in [0.1, 0.15) is 34.1 Å². The monoisotopic (exact) mass is 276 g/mol. The third kappa shape index (κ3) is 4.76. The molecule has 1 atom stereocenters. The third-order valence-electron chi connectivity index (χ3n) is 2.88. The second-order valence-corrected chi connectivity index (χ2v) is 5.73. The molecule has 106 valence electrons. The van der Waals surface area contributed by atoms with Crippen molar-refractivity contribution in [2.75, 3.05) is 18.6 Å². The maximum absolute atomic E-state index is 12.0. The lowest BCUT2D eigenvalue weighted by Crippen LogP contribution is -2.57. The second-order valence-electron chi connectivity index (χ2n) is 4.74. The Morgan fingerprint density at radius 1 is 1.44 bits per heavy atom. The van der Waals surface area contributed by atoms with Crippen LogP contribution in [0.4, 0.5) is 4.79 Å². The van der Waals surface area contributed by atoms with Crippen LogP contribution in [0, 0.1) is 0 Å². The van der Waals surface area contributed by atoms with Crippen molar-refractivity contribution in [3.63, 3.8) is 0 Å². The fourth-order valence-electron chi connectivity index (χ4n) is 1.56. The van der Waals surface area contributed by atoms with Crippen molar-refractivity contribution in [2.45, 2.75) is 45.7 Å². The molecule has 0 aliphatic carbocycles. The molecule has 0 saturated heterocycles. The van der Waals surface area contributed by atoms with Crippen LogP contribution in [0.2, 0.25) is 0 Å². The number of likely N-dealkylation sites (N-methyl/N-ethyl adjacent to an activating group) is 1. The van der Waals surface area contributed by atoms with E-state index in [2.05, 4.69) is 5.32 Å². The quantitative estimate of drug-likeness (QED) is 0.746. The first-order chi connectivity index (χ1) is 8.27. The molecule has 0 heterocycles. The summed E-state index contributed by atoms with van der Waals surface area (Å²) < 4.78 is 0. The third-order valence-corrected chi connectivity index (χ3v) is 3.53. The van der Waals surface area contributed by atoms with Crippen LogP contribution in [-0.4, -0.2) is 52.1 Å². The van der Waals surface area contributed by atoms with E-state index in [4.69, 9.17) is 5.11 Å². The fraction of sp³-hybridized carbons (Fsp3) is 0.833. The minimum absolute atomic E-state index is 0.0450. The molecule has 0 spiro atoms. The topological polar surface area (TPSA) is 69.6 Å². The van der Waals surface area contributed by atoms with Gasteiger partial charge in [-0.1, -0.05) is 0 Å². The van der Waals surface area contributed by atoms with Gasteiger partial charge in [-0.3, -0.25) is 0 Å². The van der Waals surface area contributed by atoms with Crippen molar-refractivity contribution in [2.24, 2.45) is 0 Å². The Morgan fingerprint density at radius 3 is 2.39 bits per heavy atom. The number of amides is 2. The summed E-state index contributed by atoms with van der Waals surface area (Å²) in [6.45, 7) is 7.13. The summed E-state index contributed by atoms with van der Waals surface area (Å²) in [5.41, 5.74) is -1.20. The lowest BCUT2D eigenvalue weighted by Gasteiger charge is -2.35. The van der Waals surface area contributed by atoms with Crippen molar-refractivity contribution >= 4 is 23.8 Å². The van der Waals surface area contributed by atoms with E-state index in [0.29, 0.717) is 6.54 Å². The first-order valence-electron chi connectivity index (χ1n) is 6.07. The number of carbonyl (C=O) groups excluding carboxylic acids is 1. The van der Waals surface area contributed by atoms with Crippen LogP contribution in [0.5, 0.6) is 0 Å². The van der Waals surface area contributed by atoms with E-state index in [1.165, 1.54) is 18.7 Å². The Morgan fingerprint density at radius 2 is 2.00 bits per heavy atom. The number of carbonyl (C=O) groups is 2. The number of thioether (sulfide) groups is 1. The van der Waals surface area contributed by atoms with Crippen molar-refractivity contribution < 1.29 is 14.7 Å². The highest BCUT2D eigenvalue weighted by Crippen LogP contribution is 2.15. The summed E-state index contributed by atoms with van der Waals surface area (Å²) in [6, 6.07) is -0.276. The van der Waals surface area contributed by atoms with Gasteiger partial charge in [0.2, 0.25) is 0 Å². The Hall–Kier alpha value is -0.910. The number of carboxylic acid groups (broad SMARTS) is 1. The molecule has 2 amide bonds. The summed E-state index contributed by atoms with van der Waals surface area (Å²) in [5.74, 6) is -0.0353. The molecule has 0 bridgehead atoms. The van der Waals surface area contributed by atoms with E-state index in [1.807, 2.05) is 13.2 Å². The van der Waals surface area contributed by atoms with E-state index in [1.54, 1.807) is 18.7 Å². The molecule has 0 fully saturated rings. The number of aliphatic carboxylic acids is 1. The van der Waals surface area contributed by atoms with Crippen molar-refractivity contribution in [1.29, 1.82) is 0 Å². The number of urea groups is 1. The van der Waals surface area contributed by atoms with Gasteiger partial charge in [0.15, 0.2) is 0 Å². The largest absolute Gasteiger partial charge is 0.480 e. The average molecular weight is 276 g/mol. The van der Waals surface area contributed by atoms with Gasteiger partial charge in [-0.2, -0.15) is 11.8 Å². The van der Waals surface area contributed by atoms with Gasteiger partial charge in [0.1, 0.15) is 5.54 Å². The zero-order valence-electron chi connectivity index (χ0n) is 11.8. The highest BCUT2D eigenvalue weighted by Gasteiger charge is 2.37. The van der Waals surface area contributed by atoms with Crippen LogP contribution in [0.25, 0.3) is 0 Å². The van der Waals surface area contributed by atoms with E-state index < -0.39 is 11.5 Å². The molecule has 0 aromatic heterocycles. The average Bonchev–Trinajstić information content (AvgIpc) is 2.26. The molecule has 6 heteroatoms. The van der Waals surface area contributed by atoms with Crippen LogP contribution >= 0.6 is 11.8 Å². The summed E-state index contributed by atoms with van der Waals surface area (Å²) >= 11 is 1.72. The first-order valence-corrected chi connectivity index (χ1v) is 7.47. The summed E-state index contributed by atoms with van der Waals surface area (Å²) in [7, 11) is 0. The van der Waals surface area contributed by atoms with Gasteiger partial charge in [-0.15, -0.1) is 0 Å². The van der Waals surface area contributed by atoms with Crippen molar-refractivity contribution in [3.05, 3.63) is 0 Å². The predicted molar refractivity (Wildman–Crippen MR) is 75.1 cm³/mol. The lowest BCUT2D eigenvalue weighted by atomic mass is 10.0. The molecule has 0 aliphatic rings. The molecule has 0 rings (SSSR count). The Kier molecular flexibility index (Phi) is 7.13. The Labute approximate surface area is 113 Å². The number of hydrogen-bond acceptors (Lipinski definition) is 3. The van der Waals surface area contributed by atoms with E-state index >= 15 is 0 Å². The summed E-state index contributed by atoms with van der Waals surface area (Å²) in [4.78, 5) is 24.5. The Bertz CT molecular complexity index is 295. The molecule has 0 aromatic carbocycles. The molecule has 2 N–H and O–H groups in total. The maximum Gasteiger partial charge on any atom is 0.329 e. The fourth-order valence-corrected chi connectivity index (χ4v) is 2.15. The number of nitrogens with zero attached hydrogens (tertiary/aromatic N) is 1. The van der Waals surface area contributed by atoms with E-state index in [9.17, 15) is 9.59 Å². The molecular weight excluding hydrogens is 252 g/mol. The number of carboxylic acids is 1. The molecule has 1 unspecified atom stereocenters. The predicted octanol–water partition coefficient (Wildman–Crippen LogP) is 2.02.